The third-order valence-corrected chi connectivity index (χ3v) is 3.48. The molecule has 4 nitrogen and oxygen atoms in total. The van der Waals surface area contributed by atoms with Crippen LogP contribution in [0.2, 0.25) is 0 Å². The molecule has 4 heteroatoms. The predicted octanol–water partition coefficient (Wildman–Crippen LogP) is 2.39. The second-order valence-corrected chi connectivity index (χ2v) is 4.97. The zero-order valence-electron chi connectivity index (χ0n) is 11.7. The van der Waals surface area contributed by atoms with Crippen molar-refractivity contribution in [1.82, 2.24) is 0 Å². The van der Waals surface area contributed by atoms with Crippen molar-refractivity contribution in [2.45, 2.75) is 12.5 Å². The van der Waals surface area contributed by atoms with Crippen LogP contribution in [-0.2, 0) is 16.0 Å². The first-order valence-corrected chi connectivity index (χ1v) is 6.84. The van der Waals surface area contributed by atoms with Crippen molar-refractivity contribution >= 4 is 17.6 Å². The molecule has 1 unspecified atom stereocenters. The minimum absolute atomic E-state index is 0.364. The Morgan fingerprint density at radius 3 is 2.86 bits per heavy atom. The summed E-state index contributed by atoms with van der Waals surface area (Å²) in [6.45, 7) is 0. The van der Waals surface area contributed by atoms with Crippen molar-refractivity contribution in [3.8, 4) is 12.3 Å². The number of benzene rings is 2. The van der Waals surface area contributed by atoms with Crippen molar-refractivity contribution in [2.24, 2.45) is 0 Å². The van der Waals surface area contributed by atoms with Gasteiger partial charge in [0.25, 0.3) is 5.91 Å². The molecule has 0 aromatic heterocycles. The molecule has 0 aliphatic carbocycles. The van der Waals surface area contributed by atoms with Gasteiger partial charge in [-0.05, 0) is 29.8 Å². The maximum absolute atomic E-state index is 12.3. The topological polar surface area (TPSA) is 55.4 Å². The molecule has 108 valence electrons. The third kappa shape index (κ3) is 2.70. The van der Waals surface area contributed by atoms with E-state index in [1.54, 1.807) is 36.4 Å². The smallest absolute Gasteiger partial charge is 0.339 e. The lowest BCUT2D eigenvalue weighted by atomic mass is 9.98. The van der Waals surface area contributed by atoms with Crippen LogP contribution in [0, 0.1) is 12.3 Å². The number of amides is 1. The van der Waals surface area contributed by atoms with Crippen LogP contribution in [0.15, 0.2) is 48.5 Å². The highest BCUT2D eigenvalue weighted by molar-refractivity contribution is 6.00. The quantitative estimate of drug-likeness (QED) is 0.683. The predicted molar refractivity (Wildman–Crippen MR) is 82.4 cm³/mol. The molecule has 0 saturated heterocycles. The second-order valence-electron chi connectivity index (χ2n) is 4.97. The normalized spacial score (nSPS) is 16.1. The van der Waals surface area contributed by atoms with Gasteiger partial charge >= 0.3 is 5.97 Å². The van der Waals surface area contributed by atoms with E-state index in [-0.39, 0.29) is 5.91 Å². The number of hydrogen-bond donors (Lipinski definition) is 1. The van der Waals surface area contributed by atoms with Gasteiger partial charge in [-0.1, -0.05) is 30.2 Å². The van der Waals surface area contributed by atoms with E-state index in [4.69, 9.17) is 11.2 Å². The molecule has 1 aliphatic rings. The van der Waals surface area contributed by atoms with Crippen molar-refractivity contribution in [2.75, 3.05) is 5.32 Å². The molecule has 22 heavy (non-hydrogen) atoms. The summed E-state index contributed by atoms with van der Waals surface area (Å²) in [4.78, 5) is 24.2. The SMILES string of the molecule is C#Cc1cccc(NC(=O)C2Cc3ccccc3C(=O)O2)c1. The van der Waals surface area contributed by atoms with Gasteiger partial charge in [-0.25, -0.2) is 4.79 Å². The standard InChI is InChI=1S/C18H13NO3/c1-2-12-6-5-8-14(10-12)19-17(20)16-11-13-7-3-4-9-15(13)18(21)22-16/h1,3-10,16H,11H2,(H,19,20). The maximum atomic E-state index is 12.3. The summed E-state index contributed by atoms with van der Waals surface area (Å²) in [5.41, 5.74) is 2.58. The number of anilines is 1. The van der Waals surface area contributed by atoms with Crippen molar-refractivity contribution in [1.29, 1.82) is 0 Å². The van der Waals surface area contributed by atoms with Crippen LogP contribution in [0.3, 0.4) is 0 Å². The first-order valence-electron chi connectivity index (χ1n) is 6.84. The molecule has 3 rings (SSSR count). The highest BCUT2D eigenvalue weighted by Gasteiger charge is 2.30. The van der Waals surface area contributed by atoms with Gasteiger partial charge in [0, 0.05) is 17.7 Å². The van der Waals surface area contributed by atoms with Gasteiger partial charge in [-0.2, -0.15) is 0 Å². The summed E-state index contributed by atoms with van der Waals surface area (Å²) in [5.74, 6) is 1.67. The molecule has 1 atom stereocenters. The molecule has 1 N–H and O–H groups in total. The Bertz CT molecular complexity index is 789. The number of ether oxygens (including phenoxy) is 1. The third-order valence-electron chi connectivity index (χ3n) is 3.48. The Hall–Kier alpha value is -3.06. The van der Waals surface area contributed by atoms with Crippen LogP contribution in [0.4, 0.5) is 5.69 Å². The summed E-state index contributed by atoms with van der Waals surface area (Å²) in [5, 5.41) is 2.73. The molecule has 0 spiro atoms. The number of nitrogens with one attached hydrogen (secondary N) is 1. The number of esters is 1. The van der Waals surface area contributed by atoms with Gasteiger partial charge in [-0.15, -0.1) is 6.42 Å². The molecule has 0 radical (unpaired) electrons. The Kier molecular flexibility index (Phi) is 3.63. The van der Waals surface area contributed by atoms with Crippen LogP contribution >= 0.6 is 0 Å². The fourth-order valence-corrected chi connectivity index (χ4v) is 2.39. The maximum Gasteiger partial charge on any atom is 0.339 e. The van der Waals surface area contributed by atoms with Crippen molar-refractivity contribution < 1.29 is 14.3 Å². The Labute approximate surface area is 128 Å². The number of fused-ring (bicyclic) bond motifs is 1. The van der Waals surface area contributed by atoms with Crippen LogP contribution in [0.1, 0.15) is 21.5 Å². The van der Waals surface area contributed by atoms with E-state index in [1.807, 2.05) is 12.1 Å². The average molecular weight is 291 g/mol. The summed E-state index contributed by atoms with van der Waals surface area (Å²) < 4.78 is 5.21. The Balaban J connectivity index is 1.77. The number of carbonyl (C=O) groups excluding carboxylic acids is 2. The number of terminal acetylenes is 1. The lowest BCUT2D eigenvalue weighted by molar-refractivity contribution is -0.125. The average Bonchev–Trinajstić information content (AvgIpc) is 2.55. The van der Waals surface area contributed by atoms with Crippen LogP contribution in [0.25, 0.3) is 0 Å². The first kappa shape index (κ1) is 13.9. The molecule has 2 aromatic rings. The van der Waals surface area contributed by atoms with Crippen LogP contribution < -0.4 is 5.32 Å². The molecule has 1 heterocycles. The molecule has 0 bridgehead atoms. The van der Waals surface area contributed by atoms with Gasteiger partial charge in [0.05, 0.1) is 5.56 Å². The van der Waals surface area contributed by atoms with E-state index in [2.05, 4.69) is 11.2 Å². The molecule has 2 aromatic carbocycles. The van der Waals surface area contributed by atoms with Crippen LogP contribution in [0.5, 0.6) is 0 Å². The minimum atomic E-state index is -0.836. The van der Waals surface area contributed by atoms with Gasteiger partial charge in [-0.3, -0.25) is 4.79 Å². The molecule has 1 aliphatic heterocycles. The van der Waals surface area contributed by atoms with Gasteiger partial charge in [0.15, 0.2) is 6.10 Å². The molecule has 1 amide bonds. The number of hydrogen-bond acceptors (Lipinski definition) is 3. The van der Waals surface area contributed by atoms with Gasteiger partial charge in [0.1, 0.15) is 0 Å². The van der Waals surface area contributed by atoms with Crippen molar-refractivity contribution in [3.05, 3.63) is 65.2 Å². The van der Waals surface area contributed by atoms with Crippen molar-refractivity contribution in [3.63, 3.8) is 0 Å². The largest absolute Gasteiger partial charge is 0.448 e. The summed E-state index contributed by atoms with van der Waals surface area (Å²) >= 11 is 0. The van der Waals surface area contributed by atoms with E-state index in [0.29, 0.717) is 23.2 Å². The second kappa shape index (κ2) is 5.74. The van der Waals surface area contributed by atoms with Gasteiger partial charge in [0.2, 0.25) is 0 Å². The fourth-order valence-electron chi connectivity index (χ4n) is 2.39. The Morgan fingerprint density at radius 2 is 2.05 bits per heavy atom. The number of cyclic esters (lactones) is 1. The van der Waals surface area contributed by atoms with E-state index < -0.39 is 12.1 Å². The first-order chi connectivity index (χ1) is 10.7. The summed E-state index contributed by atoms with van der Waals surface area (Å²) in [7, 11) is 0. The monoisotopic (exact) mass is 291 g/mol. The molecular weight excluding hydrogens is 278 g/mol. The fraction of sp³-hybridized carbons (Fsp3) is 0.111. The van der Waals surface area contributed by atoms with E-state index >= 15 is 0 Å². The van der Waals surface area contributed by atoms with E-state index in [0.717, 1.165) is 5.56 Å². The highest BCUT2D eigenvalue weighted by atomic mass is 16.5. The van der Waals surface area contributed by atoms with Gasteiger partial charge < -0.3 is 10.1 Å². The number of carbonyl (C=O) groups is 2. The minimum Gasteiger partial charge on any atom is -0.448 e. The zero-order chi connectivity index (χ0) is 15.5. The summed E-state index contributed by atoms with van der Waals surface area (Å²) in [6, 6.07) is 14.1. The molecule has 0 saturated carbocycles. The van der Waals surface area contributed by atoms with Crippen LogP contribution in [-0.4, -0.2) is 18.0 Å². The Morgan fingerprint density at radius 1 is 1.23 bits per heavy atom. The summed E-state index contributed by atoms with van der Waals surface area (Å²) in [6.07, 6.45) is 4.86. The molecular formula is C18H13NO3. The van der Waals surface area contributed by atoms with E-state index in [9.17, 15) is 9.59 Å². The lowest BCUT2D eigenvalue weighted by Gasteiger charge is -2.23. The highest BCUT2D eigenvalue weighted by Crippen LogP contribution is 2.21. The lowest BCUT2D eigenvalue weighted by Crippen LogP contribution is -2.37. The number of rotatable bonds is 2. The zero-order valence-corrected chi connectivity index (χ0v) is 11.7. The van der Waals surface area contributed by atoms with E-state index in [1.165, 1.54) is 0 Å². The molecule has 0 fully saturated rings.